The van der Waals surface area contributed by atoms with E-state index in [1.54, 1.807) is 0 Å². The molecule has 0 saturated heterocycles. The van der Waals surface area contributed by atoms with E-state index in [0.717, 1.165) is 30.3 Å². The van der Waals surface area contributed by atoms with Gasteiger partial charge in [0, 0.05) is 24.4 Å². The van der Waals surface area contributed by atoms with Crippen molar-refractivity contribution < 1.29 is 0 Å². The maximum absolute atomic E-state index is 4.72. The van der Waals surface area contributed by atoms with E-state index in [1.807, 2.05) is 0 Å². The van der Waals surface area contributed by atoms with Gasteiger partial charge in [0.05, 0.1) is 5.69 Å². The minimum Gasteiger partial charge on any atom is -0.370 e. The quantitative estimate of drug-likeness (QED) is 0.885. The van der Waals surface area contributed by atoms with Crippen molar-refractivity contribution in [3.63, 3.8) is 0 Å². The molecule has 1 aromatic heterocycles. The smallest absolute Gasteiger partial charge is 0.131 e. The van der Waals surface area contributed by atoms with Gasteiger partial charge in [0.25, 0.3) is 0 Å². The van der Waals surface area contributed by atoms with Crippen LogP contribution in [0.15, 0.2) is 6.07 Å². The molecule has 3 nitrogen and oxygen atoms in total. The van der Waals surface area contributed by atoms with Gasteiger partial charge < -0.3 is 5.32 Å². The highest BCUT2D eigenvalue weighted by Crippen LogP contribution is 2.25. The average Bonchev–Trinajstić information content (AvgIpc) is 2.13. The lowest BCUT2D eigenvalue weighted by Gasteiger charge is -2.22. The molecular weight excluding hydrogens is 222 g/mol. The SMILES string of the molecule is CCNc1cc(C(C)(C)C)nc(CC(C)(C)C)n1. The van der Waals surface area contributed by atoms with Gasteiger partial charge in [0.15, 0.2) is 0 Å². The molecule has 0 fully saturated rings. The van der Waals surface area contributed by atoms with Crippen molar-refractivity contribution in [3.05, 3.63) is 17.6 Å². The maximum Gasteiger partial charge on any atom is 0.131 e. The molecule has 0 atom stereocenters. The van der Waals surface area contributed by atoms with Crippen LogP contribution in [0.3, 0.4) is 0 Å². The highest BCUT2D eigenvalue weighted by molar-refractivity contribution is 5.38. The van der Waals surface area contributed by atoms with Crippen molar-refractivity contribution in [1.29, 1.82) is 0 Å². The van der Waals surface area contributed by atoms with Crippen LogP contribution in [-0.2, 0) is 11.8 Å². The molecule has 18 heavy (non-hydrogen) atoms. The highest BCUT2D eigenvalue weighted by atomic mass is 15.0. The Balaban J connectivity index is 3.14. The average molecular weight is 249 g/mol. The molecule has 1 aromatic rings. The summed E-state index contributed by atoms with van der Waals surface area (Å²) in [5.74, 6) is 1.88. The summed E-state index contributed by atoms with van der Waals surface area (Å²) >= 11 is 0. The third-order valence-corrected chi connectivity index (χ3v) is 2.59. The van der Waals surface area contributed by atoms with Crippen LogP contribution >= 0.6 is 0 Å². The molecule has 0 amide bonds. The second-order valence-electron chi connectivity index (χ2n) is 7.07. The molecule has 0 saturated carbocycles. The Bertz CT molecular complexity index is 397. The third-order valence-electron chi connectivity index (χ3n) is 2.59. The van der Waals surface area contributed by atoms with E-state index in [-0.39, 0.29) is 10.8 Å². The van der Waals surface area contributed by atoms with Crippen molar-refractivity contribution in [2.75, 3.05) is 11.9 Å². The van der Waals surface area contributed by atoms with Crippen LogP contribution < -0.4 is 5.32 Å². The second-order valence-corrected chi connectivity index (χ2v) is 7.07. The number of hydrogen-bond acceptors (Lipinski definition) is 3. The first-order valence-electron chi connectivity index (χ1n) is 6.74. The fourth-order valence-electron chi connectivity index (χ4n) is 1.71. The summed E-state index contributed by atoms with van der Waals surface area (Å²) in [5, 5.41) is 3.30. The number of anilines is 1. The van der Waals surface area contributed by atoms with Gasteiger partial charge in [0.2, 0.25) is 0 Å². The molecule has 0 bridgehead atoms. The van der Waals surface area contributed by atoms with Crippen molar-refractivity contribution >= 4 is 5.82 Å². The molecule has 0 spiro atoms. The van der Waals surface area contributed by atoms with Crippen molar-refractivity contribution in [2.24, 2.45) is 5.41 Å². The molecule has 1 N–H and O–H groups in total. The number of nitrogens with one attached hydrogen (secondary N) is 1. The fraction of sp³-hybridized carbons (Fsp3) is 0.733. The minimum atomic E-state index is 0.0553. The normalized spacial score (nSPS) is 12.6. The first-order chi connectivity index (χ1) is 8.12. The molecule has 0 aliphatic rings. The Labute approximate surface area is 111 Å². The Morgan fingerprint density at radius 2 is 1.67 bits per heavy atom. The van der Waals surface area contributed by atoms with Gasteiger partial charge in [0.1, 0.15) is 11.6 Å². The van der Waals surface area contributed by atoms with Crippen molar-refractivity contribution in [3.8, 4) is 0 Å². The van der Waals surface area contributed by atoms with Gasteiger partial charge in [-0.1, -0.05) is 41.5 Å². The lowest BCUT2D eigenvalue weighted by Crippen LogP contribution is -2.19. The summed E-state index contributed by atoms with van der Waals surface area (Å²) in [7, 11) is 0. The highest BCUT2D eigenvalue weighted by Gasteiger charge is 2.20. The molecule has 0 aromatic carbocycles. The monoisotopic (exact) mass is 249 g/mol. The summed E-state index contributed by atoms with van der Waals surface area (Å²) in [5.41, 5.74) is 1.37. The zero-order valence-electron chi connectivity index (χ0n) is 12.9. The van der Waals surface area contributed by atoms with Crippen LogP contribution in [-0.4, -0.2) is 16.5 Å². The predicted octanol–water partition coefficient (Wildman–Crippen LogP) is 3.79. The van der Waals surface area contributed by atoms with E-state index < -0.39 is 0 Å². The van der Waals surface area contributed by atoms with E-state index in [2.05, 4.69) is 64.8 Å². The number of hydrogen-bond donors (Lipinski definition) is 1. The number of aromatic nitrogens is 2. The first kappa shape index (κ1) is 14.9. The Kier molecular flexibility index (Phi) is 4.36. The van der Waals surface area contributed by atoms with E-state index in [9.17, 15) is 0 Å². The summed E-state index contributed by atoms with van der Waals surface area (Å²) in [4.78, 5) is 9.32. The van der Waals surface area contributed by atoms with E-state index in [0.29, 0.717) is 0 Å². The second kappa shape index (κ2) is 5.25. The van der Waals surface area contributed by atoms with E-state index in [1.165, 1.54) is 0 Å². The van der Waals surface area contributed by atoms with Gasteiger partial charge >= 0.3 is 0 Å². The third kappa shape index (κ3) is 4.63. The summed E-state index contributed by atoms with van der Waals surface area (Å²) < 4.78 is 0. The molecule has 0 aliphatic carbocycles. The largest absolute Gasteiger partial charge is 0.370 e. The summed E-state index contributed by atoms with van der Waals surface area (Å²) in [6.07, 6.45) is 0.898. The van der Waals surface area contributed by atoms with Gasteiger partial charge in [-0.05, 0) is 12.3 Å². The Hall–Kier alpha value is -1.12. The predicted molar refractivity (Wildman–Crippen MR) is 78.1 cm³/mol. The Morgan fingerprint density at radius 3 is 2.11 bits per heavy atom. The minimum absolute atomic E-state index is 0.0553. The zero-order chi connectivity index (χ0) is 14.0. The molecule has 3 heteroatoms. The summed E-state index contributed by atoms with van der Waals surface area (Å²) in [6.45, 7) is 16.2. The van der Waals surface area contributed by atoms with Gasteiger partial charge in [-0.15, -0.1) is 0 Å². The molecule has 0 unspecified atom stereocenters. The number of rotatable bonds is 3. The van der Waals surface area contributed by atoms with Crippen LogP contribution in [0.25, 0.3) is 0 Å². The van der Waals surface area contributed by atoms with Crippen molar-refractivity contribution in [1.82, 2.24) is 9.97 Å². The first-order valence-corrected chi connectivity index (χ1v) is 6.74. The molecular formula is C15H27N3. The van der Waals surface area contributed by atoms with Crippen LogP contribution in [0.4, 0.5) is 5.82 Å². The fourth-order valence-corrected chi connectivity index (χ4v) is 1.71. The van der Waals surface area contributed by atoms with Crippen LogP contribution in [0.1, 0.15) is 60.0 Å². The molecule has 0 radical (unpaired) electrons. The summed E-state index contributed by atoms with van der Waals surface area (Å²) in [6, 6.07) is 2.07. The molecule has 0 aliphatic heterocycles. The molecule has 102 valence electrons. The van der Waals surface area contributed by atoms with Crippen LogP contribution in [0.5, 0.6) is 0 Å². The maximum atomic E-state index is 4.72. The van der Waals surface area contributed by atoms with Crippen LogP contribution in [0, 0.1) is 5.41 Å². The van der Waals surface area contributed by atoms with Gasteiger partial charge in [-0.2, -0.15) is 0 Å². The van der Waals surface area contributed by atoms with E-state index >= 15 is 0 Å². The molecule has 1 heterocycles. The topological polar surface area (TPSA) is 37.8 Å². The van der Waals surface area contributed by atoms with Gasteiger partial charge in [-0.25, -0.2) is 9.97 Å². The van der Waals surface area contributed by atoms with E-state index in [4.69, 9.17) is 4.98 Å². The lowest BCUT2D eigenvalue weighted by molar-refractivity contribution is 0.398. The standard InChI is InChI=1S/C15H27N3/c1-8-16-12-9-11(15(5,6)7)17-13(18-12)10-14(2,3)4/h9H,8,10H2,1-7H3,(H,16,17,18). The molecule has 1 rings (SSSR count). The van der Waals surface area contributed by atoms with Gasteiger partial charge in [-0.3, -0.25) is 0 Å². The van der Waals surface area contributed by atoms with Crippen molar-refractivity contribution in [2.45, 2.75) is 60.3 Å². The lowest BCUT2D eigenvalue weighted by atomic mass is 9.90. The zero-order valence-corrected chi connectivity index (χ0v) is 12.9. The Morgan fingerprint density at radius 1 is 1.06 bits per heavy atom. The number of nitrogens with zero attached hydrogens (tertiary/aromatic N) is 2. The van der Waals surface area contributed by atoms with Crippen LogP contribution in [0.2, 0.25) is 0 Å².